The summed E-state index contributed by atoms with van der Waals surface area (Å²) in [4.78, 5) is 3.47. The van der Waals surface area contributed by atoms with E-state index < -0.39 is 44.6 Å². The molecular weight excluding hydrogens is 534 g/mol. The van der Waals surface area contributed by atoms with E-state index in [1.54, 1.807) is 6.92 Å². The Morgan fingerprint density at radius 1 is 1.05 bits per heavy atom. The van der Waals surface area contributed by atoms with E-state index in [9.17, 15) is 40.0 Å². The lowest BCUT2D eigenvalue weighted by atomic mass is 10.1. The number of sulfonamides is 1. The largest absolute Gasteiger partial charge is 0.404 e. The maximum absolute atomic E-state index is 14.7. The predicted molar refractivity (Wildman–Crippen MR) is 126 cm³/mol. The van der Waals surface area contributed by atoms with E-state index in [0.717, 1.165) is 36.5 Å². The standard InChI is InChI=1S/C25H18F6N4O2S/c1-3-14-8-23-17(10-20(14)27)18(11-32)24(35(23)15-4-6-19(26)21(28)9-15)22-7-5-16(12-33-22)38(36,37)34-13(2)25(29,30)31/h4-10,12-13,34H,3H2,1-2H3/t13-/m0/s1. The van der Waals surface area contributed by atoms with Crippen LogP contribution in [-0.4, -0.2) is 30.2 Å². The molecule has 2 heterocycles. The molecular formula is C25H18F6N4O2S. The second-order valence-electron chi connectivity index (χ2n) is 8.35. The second-order valence-corrected chi connectivity index (χ2v) is 10.1. The van der Waals surface area contributed by atoms with Crippen LogP contribution in [0, 0.1) is 28.8 Å². The van der Waals surface area contributed by atoms with Crippen molar-refractivity contribution < 1.29 is 34.8 Å². The lowest BCUT2D eigenvalue weighted by molar-refractivity contribution is -0.147. The Kier molecular flexibility index (Phi) is 6.98. The van der Waals surface area contributed by atoms with Crippen LogP contribution in [0.5, 0.6) is 0 Å². The zero-order chi connectivity index (χ0) is 28.0. The van der Waals surface area contributed by atoms with Gasteiger partial charge in [0.15, 0.2) is 11.6 Å². The summed E-state index contributed by atoms with van der Waals surface area (Å²) in [7, 11) is -4.61. The van der Waals surface area contributed by atoms with Gasteiger partial charge in [0.1, 0.15) is 22.8 Å². The van der Waals surface area contributed by atoms with E-state index in [2.05, 4.69) is 4.98 Å². The molecule has 0 aliphatic heterocycles. The van der Waals surface area contributed by atoms with Gasteiger partial charge in [-0.2, -0.15) is 23.2 Å². The van der Waals surface area contributed by atoms with Crippen molar-refractivity contribution in [3.8, 4) is 23.1 Å². The summed E-state index contributed by atoms with van der Waals surface area (Å²) < 4.78 is 109. The molecule has 1 N–H and O–H groups in total. The molecule has 13 heteroatoms. The first kappa shape index (κ1) is 27.2. The smallest absolute Gasteiger partial charge is 0.306 e. The van der Waals surface area contributed by atoms with Gasteiger partial charge in [-0.25, -0.2) is 21.6 Å². The highest BCUT2D eigenvalue weighted by Crippen LogP contribution is 2.37. The number of pyridine rings is 1. The van der Waals surface area contributed by atoms with Crippen LogP contribution in [0.2, 0.25) is 0 Å². The molecule has 6 nitrogen and oxygen atoms in total. The van der Waals surface area contributed by atoms with Crippen LogP contribution in [0.15, 0.2) is 53.6 Å². The van der Waals surface area contributed by atoms with Crippen LogP contribution in [0.4, 0.5) is 26.3 Å². The van der Waals surface area contributed by atoms with Gasteiger partial charge >= 0.3 is 6.18 Å². The van der Waals surface area contributed by atoms with Gasteiger partial charge in [0, 0.05) is 23.3 Å². The number of hydrogen-bond acceptors (Lipinski definition) is 4. The highest BCUT2D eigenvalue weighted by molar-refractivity contribution is 7.89. The number of aryl methyl sites for hydroxylation is 1. The first-order valence-electron chi connectivity index (χ1n) is 11.1. The van der Waals surface area contributed by atoms with Crippen molar-refractivity contribution in [3.05, 3.63) is 77.2 Å². The fraction of sp³-hybridized carbons (Fsp3) is 0.200. The van der Waals surface area contributed by atoms with Crippen LogP contribution in [0.1, 0.15) is 25.0 Å². The maximum Gasteiger partial charge on any atom is 0.404 e. The SMILES string of the molecule is CCc1cc2c(cc1F)c(C#N)c(-c1ccc(S(=O)(=O)N[C@@H](C)C(F)(F)F)cn1)n2-c1ccc(F)c(F)c1. The van der Waals surface area contributed by atoms with E-state index >= 15 is 0 Å². The Hall–Kier alpha value is -3.89. The Labute approximate surface area is 213 Å². The van der Waals surface area contributed by atoms with Crippen LogP contribution in [-0.2, 0) is 16.4 Å². The van der Waals surface area contributed by atoms with Crippen molar-refractivity contribution in [3.63, 3.8) is 0 Å². The van der Waals surface area contributed by atoms with Crippen molar-refractivity contribution in [2.75, 3.05) is 0 Å². The first-order chi connectivity index (χ1) is 17.8. The van der Waals surface area contributed by atoms with Crippen molar-refractivity contribution >= 4 is 20.9 Å². The van der Waals surface area contributed by atoms with Crippen molar-refractivity contribution in [2.24, 2.45) is 0 Å². The number of halogens is 6. The Balaban J connectivity index is 1.95. The predicted octanol–water partition coefficient (Wildman–Crippen LogP) is 5.77. The molecule has 1 atom stereocenters. The fourth-order valence-electron chi connectivity index (χ4n) is 3.92. The minimum absolute atomic E-state index is 0.0155. The number of nitriles is 1. The Bertz CT molecular complexity index is 1690. The lowest BCUT2D eigenvalue weighted by Gasteiger charge is -2.17. The van der Waals surface area contributed by atoms with Gasteiger partial charge in [0.05, 0.1) is 22.5 Å². The molecule has 198 valence electrons. The first-order valence-corrected chi connectivity index (χ1v) is 12.5. The molecule has 2 aromatic carbocycles. The zero-order valence-corrected chi connectivity index (χ0v) is 20.6. The molecule has 0 unspecified atom stereocenters. The molecule has 4 aromatic rings. The molecule has 0 spiro atoms. The molecule has 0 saturated heterocycles. The normalized spacial score (nSPS) is 13.0. The monoisotopic (exact) mass is 552 g/mol. The van der Waals surface area contributed by atoms with Crippen molar-refractivity contribution in [2.45, 2.75) is 37.4 Å². The molecule has 0 fully saturated rings. The third-order valence-electron chi connectivity index (χ3n) is 5.90. The average molecular weight is 553 g/mol. The van der Waals surface area contributed by atoms with Crippen LogP contribution in [0.25, 0.3) is 28.0 Å². The second kappa shape index (κ2) is 9.77. The van der Waals surface area contributed by atoms with Crippen molar-refractivity contribution in [1.29, 1.82) is 5.26 Å². The molecule has 0 amide bonds. The summed E-state index contributed by atoms with van der Waals surface area (Å²) in [5.74, 6) is -2.91. The number of nitrogens with zero attached hydrogens (tertiary/aromatic N) is 3. The minimum Gasteiger partial charge on any atom is -0.306 e. The summed E-state index contributed by atoms with van der Waals surface area (Å²) in [5.41, 5.74) is 0.538. The van der Waals surface area contributed by atoms with Gasteiger partial charge in [-0.05, 0) is 55.3 Å². The molecule has 0 aliphatic rings. The molecule has 38 heavy (non-hydrogen) atoms. The van der Waals surface area contributed by atoms with E-state index in [0.29, 0.717) is 6.92 Å². The average Bonchev–Trinajstić information content (AvgIpc) is 3.17. The minimum atomic E-state index is -4.82. The Morgan fingerprint density at radius 2 is 1.76 bits per heavy atom. The van der Waals surface area contributed by atoms with Crippen molar-refractivity contribution in [1.82, 2.24) is 14.3 Å². The summed E-state index contributed by atoms with van der Waals surface area (Å²) in [6, 6.07) is 7.29. The van der Waals surface area contributed by atoms with Gasteiger partial charge < -0.3 is 4.57 Å². The lowest BCUT2D eigenvalue weighted by Crippen LogP contribution is -2.42. The van der Waals surface area contributed by atoms with E-state index in [1.165, 1.54) is 21.4 Å². The molecule has 0 aliphatic carbocycles. The summed E-state index contributed by atoms with van der Waals surface area (Å²) in [6.45, 7) is 2.35. The number of rotatable bonds is 6. The highest BCUT2D eigenvalue weighted by atomic mass is 32.2. The third kappa shape index (κ3) is 4.84. The number of hydrogen-bond donors (Lipinski definition) is 1. The molecule has 2 aromatic heterocycles. The number of alkyl halides is 3. The van der Waals surface area contributed by atoms with Gasteiger partial charge in [-0.1, -0.05) is 6.92 Å². The topological polar surface area (TPSA) is 87.8 Å². The van der Waals surface area contributed by atoms with Gasteiger partial charge in [-0.15, -0.1) is 0 Å². The zero-order valence-electron chi connectivity index (χ0n) is 19.7. The molecule has 4 rings (SSSR count). The van der Waals surface area contributed by atoms with Crippen LogP contribution in [0.3, 0.4) is 0 Å². The van der Waals surface area contributed by atoms with Gasteiger partial charge in [0.2, 0.25) is 10.0 Å². The summed E-state index contributed by atoms with van der Waals surface area (Å²) >= 11 is 0. The van der Waals surface area contributed by atoms with E-state index in [-0.39, 0.29) is 45.5 Å². The van der Waals surface area contributed by atoms with Gasteiger partial charge in [-0.3, -0.25) is 4.98 Å². The molecule has 0 saturated carbocycles. The third-order valence-corrected chi connectivity index (χ3v) is 7.43. The highest BCUT2D eigenvalue weighted by Gasteiger charge is 2.39. The van der Waals surface area contributed by atoms with E-state index in [1.807, 2.05) is 6.07 Å². The summed E-state index contributed by atoms with van der Waals surface area (Å²) in [6.07, 6.45) is -3.73. The number of nitrogens with one attached hydrogen (secondary N) is 1. The van der Waals surface area contributed by atoms with E-state index in [4.69, 9.17) is 0 Å². The fourth-order valence-corrected chi connectivity index (χ4v) is 5.09. The quantitative estimate of drug-likeness (QED) is 0.308. The number of benzene rings is 2. The number of aromatic nitrogens is 2. The molecule has 0 radical (unpaired) electrons. The van der Waals surface area contributed by atoms with Gasteiger partial charge in [0.25, 0.3) is 0 Å². The summed E-state index contributed by atoms with van der Waals surface area (Å²) in [5, 5.41) is 10.1. The van der Waals surface area contributed by atoms with Crippen LogP contribution >= 0.6 is 0 Å². The molecule has 0 bridgehead atoms. The Morgan fingerprint density at radius 3 is 2.32 bits per heavy atom. The number of fused-ring (bicyclic) bond motifs is 1. The maximum atomic E-state index is 14.7. The van der Waals surface area contributed by atoms with Crippen LogP contribution < -0.4 is 4.72 Å².